The van der Waals surface area contributed by atoms with Gasteiger partial charge in [0.05, 0.1) is 11.6 Å². The van der Waals surface area contributed by atoms with Gasteiger partial charge in [-0.2, -0.15) is 0 Å². The van der Waals surface area contributed by atoms with Crippen LogP contribution in [0.3, 0.4) is 0 Å². The van der Waals surface area contributed by atoms with Gasteiger partial charge >= 0.3 is 0 Å². The highest BCUT2D eigenvalue weighted by Crippen LogP contribution is 2.06. The van der Waals surface area contributed by atoms with E-state index >= 15 is 0 Å². The lowest BCUT2D eigenvalue weighted by atomic mass is 10.1. The smallest absolute Gasteiger partial charge is 0.205 e. The van der Waals surface area contributed by atoms with E-state index in [1.165, 1.54) is 10.2 Å². The molecule has 108 valence electrons. The van der Waals surface area contributed by atoms with Crippen LogP contribution in [0, 0.1) is 0 Å². The molecule has 0 aliphatic rings. The van der Waals surface area contributed by atoms with E-state index in [0.717, 1.165) is 12.0 Å². The third kappa shape index (κ3) is 3.55. The van der Waals surface area contributed by atoms with Gasteiger partial charge in [-0.1, -0.05) is 41.1 Å². The van der Waals surface area contributed by atoms with E-state index < -0.39 is 0 Å². The molecule has 0 unspecified atom stereocenters. The van der Waals surface area contributed by atoms with Crippen molar-refractivity contribution in [3.63, 3.8) is 0 Å². The molecule has 0 aliphatic heterocycles. The monoisotopic (exact) mass is 289 g/mol. The van der Waals surface area contributed by atoms with Crippen LogP contribution in [-0.4, -0.2) is 10.9 Å². The Bertz CT molecular complexity index is 771. The Labute approximate surface area is 129 Å². The molecule has 4 heteroatoms. The number of aromatic nitrogens is 2. The Kier molecular flexibility index (Phi) is 4.20. The molecule has 0 bridgehead atoms. The lowest BCUT2D eigenvalue weighted by Crippen LogP contribution is -2.34. The molecule has 0 amide bonds. The van der Waals surface area contributed by atoms with Gasteiger partial charge in [-0.25, -0.2) is 0 Å². The zero-order chi connectivity index (χ0) is 15.2. The Morgan fingerprint density at radius 1 is 0.955 bits per heavy atom. The normalized spacial score (nSPS) is 11.4. The van der Waals surface area contributed by atoms with E-state index in [1.807, 2.05) is 36.5 Å². The molecule has 2 aromatic heterocycles. The molecule has 0 fully saturated rings. The SMILES string of the molecule is [O-]/C(=N\[n+]1cccc(Cc2ccccc2)c1)c1ccccn1. The van der Waals surface area contributed by atoms with Gasteiger partial charge in [-0.05, 0) is 28.9 Å². The van der Waals surface area contributed by atoms with E-state index in [-0.39, 0.29) is 5.90 Å². The van der Waals surface area contributed by atoms with Crippen LogP contribution < -0.4 is 9.78 Å². The molecule has 3 aromatic rings. The molecule has 0 saturated heterocycles. The molecule has 2 heterocycles. The van der Waals surface area contributed by atoms with Crippen molar-refractivity contribution in [2.75, 3.05) is 0 Å². The van der Waals surface area contributed by atoms with Crippen LogP contribution >= 0.6 is 0 Å². The van der Waals surface area contributed by atoms with Gasteiger partial charge in [0.1, 0.15) is 0 Å². The summed E-state index contributed by atoms with van der Waals surface area (Å²) in [6, 6.07) is 19.3. The maximum absolute atomic E-state index is 12.0. The van der Waals surface area contributed by atoms with Crippen molar-refractivity contribution in [3.05, 3.63) is 96.1 Å². The van der Waals surface area contributed by atoms with Crippen molar-refractivity contribution in [2.45, 2.75) is 6.42 Å². The van der Waals surface area contributed by atoms with Crippen LogP contribution in [0.5, 0.6) is 0 Å². The molecule has 3 rings (SSSR count). The van der Waals surface area contributed by atoms with Gasteiger partial charge < -0.3 is 5.11 Å². The van der Waals surface area contributed by atoms with Crippen molar-refractivity contribution < 1.29 is 9.78 Å². The van der Waals surface area contributed by atoms with Gasteiger partial charge in [0, 0.05) is 24.2 Å². The standard InChI is InChI=1S/C18H15N3O/c22-18(17-10-4-5-11-19-17)20-21-12-6-9-16(14-21)13-15-7-2-1-3-8-15/h1-12,14H,13H2. The Morgan fingerprint density at radius 3 is 2.50 bits per heavy atom. The summed E-state index contributed by atoms with van der Waals surface area (Å²) in [5, 5.41) is 16.1. The lowest BCUT2D eigenvalue weighted by Gasteiger charge is -2.05. The second-order valence-corrected chi connectivity index (χ2v) is 4.87. The van der Waals surface area contributed by atoms with E-state index in [1.54, 1.807) is 30.6 Å². The lowest BCUT2D eigenvalue weighted by molar-refractivity contribution is -0.681. The van der Waals surface area contributed by atoms with Crippen LogP contribution in [0.15, 0.2) is 84.4 Å². The summed E-state index contributed by atoms with van der Waals surface area (Å²) in [7, 11) is 0. The topological polar surface area (TPSA) is 52.2 Å². The molecular weight excluding hydrogens is 274 g/mol. The van der Waals surface area contributed by atoms with Crippen LogP contribution in [0.2, 0.25) is 0 Å². The number of pyridine rings is 2. The second-order valence-electron chi connectivity index (χ2n) is 4.87. The third-order valence-electron chi connectivity index (χ3n) is 3.19. The first-order valence-corrected chi connectivity index (χ1v) is 7.03. The van der Waals surface area contributed by atoms with Crippen molar-refractivity contribution in [2.24, 2.45) is 5.10 Å². The van der Waals surface area contributed by atoms with E-state index in [4.69, 9.17) is 0 Å². The maximum Gasteiger partial charge on any atom is 0.205 e. The summed E-state index contributed by atoms with van der Waals surface area (Å²) < 4.78 is 1.54. The second kappa shape index (κ2) is 6.63. The summed E-state index contributed by atoms with van der Waals surface area (Å²) >= 11 is 0. The molecule has 0 spiro atoms. The van der Waals surface area contributed by atoms with Crippen LogP contribution in [-0.2, 0) is 6.42 Å². The Morgan fingerprint density at radius 2 is 1.73 bits per heavy atom. The fraction of sp³-hybridized carbons (Fsp3) is 0.0556. The molecule has 0 N–H and O–H groups in total. The summed E-state index contributed by atoms with van der Waals surface area (Å²) in [5.74, 6) is -0.359. The van der Waals surface area contributed by atoms with Gasteiger partial charge in [-0.3, -0.25) is 4.98 Å². The third-order valence-corrected chi connectivity index (χ3v) is 3.19. The average Bonchev–Trinajstić information content (AvgIpc) is 2.57. The number of hydrogen-bond acceptors (Lipinski definition) is 3. The molecular formula is C18H15N3O. The summed E-state index contributed by atoms with van der Waals surface area (Å²) in [4.78, 5) is 4.01. The van der Waals surface area contributed by atoms with E-state index in [2.05, 4.69) is 22.2 Å². The van der Waals surface area contributed by atoms with Crippen molar-refractivity contribution in [1.29, 1.82) is 0 Å². The zero-order valence-electron chi connectivity index (χ0n) is 12.0. The largest absolute Gasteiger partial charge is 0.853 e. The molecule has 0 atom stereocenters. The van der Waals surface area contributed by atoms with Gasteiger partial charge in [0.2, 0.25) is 12.4 Å². The first-order valence-electron chi connectivity index (χ1n) is 7.03. The van der Waals surface area contributed by atoms with Gasteiger partial charge in [0.25, 0.3) is 0 Å². The highest BCUT2D eigenvalue weighted by atomic mass is 16.3. The first-order chi connectivity index (χ1) is 10.8. The predicted octanol–water partition coefficient (Wildman–Crippen LogP) is 1.53. The molecule has 0 radical (unpaired) electrons. The zero-order valence-corrected chi connectivity index (χ0v) is 12.0. The molecule has 1 aromatic carbocycles. The molecule has 0 aliphatic carbocycles. The van der Waals surface area contributed by atoms with Gasteiger partial charge in [-0.15, -0.1) is 0 Å². The highest BCUT2D eigenvalue weighted by molar-refractivity contribution is 5.87. The minimum Gasteiger partial charge on any atom is -0.853 e. The summed E-state index contributed by atoms with van der Waals surface area (Å²) in [5.41, 5.74) is 2.64. The predicted molar refractivity (Wildman–Crippen MR) is 82.1 cm³/mol. The minimum absolute atomic E-state index is 0.337. The van der Waals surface area contributed by atoms with E-state index in [9.17, 15) is 5.11 Å². The maximum atomic E-state index is 12.0. The van der Waals surface area contributed by atoms with Crippen LogP contribution in [0.25, 0.3) is 0 Å². The number of nitrogens with zero attached hydrogens (tertiary/aromatic N) is 3. The summed E-state index contributed by atoms with van der Waals surface area (Å²) in [6.07, 6.45) is 5.98. The fourth-order valence-corrected chi connectivity index (χ4v) is 2.15. The number of benzene rings is 1. The molecule has 0 saturated carbocycles. The van der Waals surface area contributed by atoms with Crippen molar-refractivity contribution >= 4 is 5.90 Å². The van der Waals surface area contributed by atoms with Gasteiger partial charge in [0.15, 0.2) is 0 Å². The highest BCUT2D eigenvalue weighted by Gasteiger charge is 2.04. The summed E-state index contributed by atoms with van der Waals surface area (Å²) in [6.45, 7) is 0. The van der Waals surface area contributed by atoms with E-state index in [0.29, 0.717) is 5.69 Å². The van der Waals surface area contributed by atoms with Crippen molar-refractivity contribution in [1.82, 2.24) is 4.98 Å². The van der Waals surface area contributed by atoms with Crippen molar-refractivity contribution in [3.8, 4) is 0 Å². The molecule has 4 nitrogen and oxygen atoms in total. The number of hydrogen-bond donors (Lipinski definition) is 0. The Hall–Kier alpha value is -3.01. The number of rotatable bonds is 4. The Balaban J connectivity index is 1.82. The average molecular weight is 289 g/mol. The quantitative estimate of drug-likeness (QED) is 0.415. The molecule has 22 heavy (non-hydrogen) atoms. The van der Waals surface area contributed by atoms with Crippen LogP contribution in [0.1, 0.15) is 16.8 Å². The first kappa shape index (κ1) is 13.9. The fourth-order valence-electron chi connectivity index (χ4n) is 2.15. The minimum atomic E-state index is -0.359. The van der Waals surface area contributed by atoms with Crippen LogP contribution in [0.4, 0.5) is 0 Å².